The average Bonchev–Trinajstić information content (AvgIpc) is 2.34. The van der Waals surface area contributed by atoms with Crippen molar-refractivity contribution in [3.8, 4) is 0 Å². The van der Waals surface area contributed by atoms with Crippen molar-refractivity contribution in [3.05, 3.63) is 12.2 Å². The minimum absolute atomic E-state index is 0.321. The second-order valence-electron chi connectivity index (χ2n) is 7.08. The zero-order valence-electron chi connectivity index (χ0n) is 14.2. The third-order valence-corrected chi connectivity index (χ3v) is 8.79. The van der Waals surface area contributed by atoms with Crippen LogP contribution in [-0.4, -0.2) is 21.2 Å². The van der Waals surface area contributed by atoms with Crippen molar-refractivity contribution in [1.82, 2.24) is 0 Å². The monoisotopic (exact) mass is 298 g/mol. The smallest absolute Gasteiger partial charge is 0.191 e. The van der Waals surface area contributed by atoms with Gasteiger partial charge in [-0.3, -0.25) is 4.79 Å². The third kappa shape index (κ3) is 9.48. The molecular formula is C17H34O2Si. The fourth-order valence-corrected chi connectivity index (χ4v) is 2.85. The molecule has 0 unspecified atom stereocenters. The van der Waals surface area contributed by atoms with E-state index in [1.54, 1.807) is 6.08 Å². The summed E-state index contributed by atoms with van der Waals surface area (Å²) in [4.78, 5) is 10.1. The van der Waals surface area contributed by atoms with Crippen LogP contribution in [-0.2, 0) is 9.22 Å². The van der Waals surface area contributed by atoms with Gasteiger partial charge in [0.25, 0.3) is 0 Å². The van der Waals surface area contributed by atoms with Crippen LogP contribution in [0.4, 0.5) is 0 Å². The highest BCUT2D eigenvalue weighted by Gasteiger charge is 2.36. The topological polar surface area (TPSA) is 26.3 Å². The molecule has 2 nitrogen and oxygen atoms in total. The molecule has 0 N–H and O–H groups in total. The molecule has 3 heteroatoms. The number of allylic oxidation sites excluding steroid dienone is 2. The fourth-order valence-electron chi connectivity index (χ4n) is 1.77. The van der Waals surface area contributed by atoms with Gasteiger partial charge >= 0.3 is 0 Å². The van der Waals surface area contributed by atoms with Gasteiger partial charge in [-0.15, -0.1) is 0 Å². The van der Waals surface area contributed by atoms with Gasteiger partial charge in [0.1, 0.15) is 6.29 Å². The summed E-state index contributed by atoms with van der Waals surface area (Å²) in [7, 11) is -1.54. The maximum absolute atomic E-state index is 10.1. The predicted molar refractivity (Wildman–Crippen MR) is 90.7 cm³/mol. The normalized spacial score (nSPS) is 13.1. The number of aldehydes is 1. The van der Waals surface area contributed by atoms with Crippen LogP contribution < -0.4 is 0 Å². The first-order valence-electron chi connectivity index (χ1n) is 8.05. The van der Waals surface area contributed by atoms with E-state index in [0.717, 1.165) is 19.3 Å². The van der Waals surface area contributed by atoms with Gasteiger partial charge in [0.15, 0.2) is 8.32 Å². The first-order chi connectivity index (χ1) is 9.31. The average molecular weight is 299 g/mol. The van der Waals surface area contributed by atoms with E-state index in [1.165, 1.54) is 38.5 Å². The van der Waals surface area contributed by atoms with E-state index in [1.807, 2.05) is 6.08 Å². The van der Waals surface area contributed by atoms with E-state index in [-0.39, 0.29) is 0 Å². The van der Waals surface area contributed by atoms with Crippen LogP contribution in [0.5, 0.6) is 0 Å². The Morgan fingerprint density at radius 1 is 0.950 bits per heavy atom. The molecule has 0 atom stereocenters. The SMILES string of the molecule is CC(C)(C)[Si](C)(C)OCCCCCCCC/C=C/C=O. The van der Waals surface area contributed by atoms with Crippen molar-refractivity contribution in [3.63, 3.8) is 0 Å². The molecule has 0 saturated carbocycles. The van der Waals surface area contributed by atoms with E-state index >= 15 is 0 Å². The van der Waals surface area contributed by atoms with Crippen molar-refractivity contribution in [2.24, 2.45) is 0 Å². The molecule has 0 aromatic rings. The lowest BCUT2D eigenvalue weighted by Crippen LogP contribution is -2.40. The first-order valence-corrected chi connectivity index (χ1v) is 11.0. The summed E-state index contributed by atoms with van der Waals surface area (Å²) >= 11 is 0. The van der Waals surface area contributed by atoms with E-state index in [4.69, 9.17) is 4.43 Å². The first kappa shape index (κ1) is 19.6. The van der Waals surface area contributed by atoms with Gasteiger partial charge < -0.3 is 4.43 Å². The van der Waals surface area contributed by atoms with Gasteiger partial charge in [0.05, 0.1) is 0 Å². The molecule has 118 valence electrons. The number of rotatable bonds is 11. The molecular weight excluding hydrogens is 264 g/mol. The highest BCUT2D eigenvalue weighted by Crippen LogP contribution is 2.36. The summed E-state index contributed by atoms with van der Waals surface area (Å²) in [6, 6.07) is 0. The molecule has 0 spiro atoms. The molecule has 0 bridgehead atoms. The second kappa shape index (κ2) is 10.3. The Kier molecular flexibility index (Phi) is 10.1. The molecule has 0 radical (unpaired) electrons. The Morgan fingerprint density at radius 2 is 1.50 bits per heavy atom. The zero-order chi connectivity index (χ0) is 15.5. The molecule has 0 aliphatic rings. The third-order valence-electron chi connectivity index (χ3n) is 4.25. The number of hydrogen-bond acceptors (Lipinski definition) is 2. The van der Waals surface area contributed by atoms with Crippen molar-refractivity contribution in [1.29, 1.82) is 0 Å². The Bertz CT molecular complexity index is 277. The fraction of sp³-hybridized carbons (Fsp3) is 0.824. The van der Waals surface area contributed by atoms with Gasteiger partial charge in [0.2, 0.25) is 0 Å². The molecule has 0 saturated heterocycles. The number of carbonyl (C=O) groups is 1. The number of unbranched alkanes of at least 4 members (excludes halogenated alkanes) is 6. The highest BCUT2D eigenvalue weighted by atomic mass is 28.4. The van der Waals surface area contributed by atoms with Crippen LogP contribution in [0.1, 0.15) is 65.7 Å². The summed E-state index contributed by atoms with van der Waals surface area (Å²) in [5, 5.41) is 0.321. The lowest BCUT2D eigenvalue weighted by molar-refractivity contribution is -0.104. The lowest BCUT2D eigenvalue weighted by Gasteiger charge is -2.36. The van der Waals surface area contributed by atoms with E-state index in [9.17, 15) is 4.79 Å². The Hall–Kier alpha value is -0.413. The predicted octanol–water partition coefficient (Wildman–Crippen LogP) is 5.49. The minimum Gasteiger partial charge on any atom is -0.417 e. The molecule has 0 rings (SSSR count). The Balaban J connectivity index is 3.41. The molecule has 0 fully saturated rings. The summed E-state index contributed by atoms with van der Waals surface area (Å²) in [6.45, 7) is 12.4. The van der Waals surface area contributed by atoms with Crippen molar-refractivity contribution >= 4 is 14.6 Å². The van der Waals surface area contributed by atoms with Crippen LogP contribution in [0.2, 0.25) is 18.1 Å². The molecule has 0 amide bonds. The van der Waals surface area contributed by atoms with Gasteiger partial charge in [-0.2, -0.15) is 0 Å². The van der Waals surface area contributed by atoms with Crippen LogP contribution in [0.25, 0.3) is 0 Å². The van der Waals surface area contributed by atoms with Crippen molar-refractivity contribution < 1.29 is 9.22 Å². The van der Waals surface area contributed by atoms with Crippen LogP contribution in [0.15, 0.2) is 12.2 Å². The molecule has 0 aliphatic heterocycles. The maximum Gasteiger partial charge on any atom is 0.191 e. The molecule has 0 heterocycles. The number of carbonyl (C=O) groups excluding carboxylic acids is 1. The van der Waals surface area contributed by atoms with Gasteiger partial charge in [-0.05, 0) is 43.5 Å². The molecule has 0 aromatic heterocycles. The van der Waals surface area contributed by atoms with Gasteiger partial charge in [-0.1, -0.05) is 52.5 Å². The summed E-state index contributed by atoms with van der Waals surface area (Å²) in [5.74, 6) is 0. The van der Waals surface area contributed by atoms with E-state index in [0.29, 0.717) is 5.04 Å². The largest absolute Gasteiger partial charge is 0.417 e. The lowest BCUT2D eigenvalue weighted by atomic mass is 10.1. The summed E-state index contributed by atoms with van der Waals surface area (Å²) in [5.41, 5.74) is 0. The summed E-state index contributed by atoms with van der Waals surface area (Å²) in [6.07, 6.45) is 13.0. The highest BCUT2D eigenvalue weighted by molar-refractivity contribution is 6.74. The van der Waals surface area contributed by atoms with Crippen LogP contribution in [0.3, 0.4) is 0 Å². The van der Waals surface area contributed by atoms with Gasteiger partial charge in [0, 0.05) is 6.61 Å². The van der Waals surface area contributed by atoms with Crippen LogP contribution in [0, 0.1) is 0 Å². The second-order valence-corrected chi connectivity index (χ2v) is 11.9. The molecule has 0 aromatic carbocycles. The quantitative estimate of drug-likeness (QED) is 0.218. The molecule has 0 aliphatic carbocycles. The standard InChI is InChI=1S/C17H34O2Si/c1-17(2,3)20(4,5)19-16-14-12-10-8-6-7-9-11-13-15-18/h11,13,15H,6-10,12,14,16H2,1-5H3/b13-11+. The maximum atomic E-state index is 10.1. The van der Waals surface area contributed by atoms with Crippen molar-refractivity contribution in [2.75, 3.05) is 6.61 Å². The van der Waals surface area contributed by atoms with Crippen LogP contribution >= 0.6 is 0 Å². The molecule has 20 heavy (non-hydrogen) atoms. The number of hydrogen-bond donors (Lipinski definition) is 0. The summed E-state index contributed by atoms with van der Waals surface area (Å²) < 4.78 is 6.16. The van der Waals surface area contributed by atoms with E-state index in [2.05, 4.69) is 33.9 Å². The Morgan fingerprint density at radius 3 is 2.05 bits per heavy atom. The minimum atomic E-state index is -1.54. The van der Waals surface area contributed by atoms with Gasteiger partial charge in [-0.25, -0.2) is 0 Å². The van der Waals surface area contributed by atoms with E-state index < -0.39 is 8.32 Å². The van der Waals surface area contributed by atoms with Crippen molar-refractivity contribution in [2.45, 2.75) is 83.8 Å². The zero-order valence-corrected chi connectivity index (χ0v) is 15.2. The Labute approximate surface area is 127 Å².